The zero-order chi connectivity index (χ0) is 22.4. The monoisotopic (exact) mass is 430 g/mol. The Morgan fingerprint density at radius 3 is 2.13 bits per heavy atom. The minimum atomic E-state index is -0.914. The number of ether oxygens (including phenoxy) is 2. The van der Waals surface area contributed by atoms with Crippen molar-refractivity contribution in [2.24, 2.45) is 5.41 Å². The molecule has 2 saturated heterocycles. The van der Waals surface area contributed by atoms with Crippen LogP contribution in [-0.2, 0) is 19.1 Å². The van der Waals surface area contributed by atoms with E-state index in [2.05, 4.69) is 5.32 Å². The molecule has 3 heterocycles. The fourth-order valence-corrected chi connectivity index (χ4v) is 4.23. The highest BCUT2D eigenvalue weighted by Crippen LogP contribution is 2.49. The largest absolute Gasteiger partial charge is 0.444 e. The van der Waals surface area contributed by atoms with Crippen LogP contribution in [0.15, 0.2) is 24.3 Å². The topological polar surface area (TPSA) is 111 Å². The molecule has 2 bridgehead atoms. The zero-order valence-corrected chi connectivity index (χ0v) is 17.9. The van der Waals surface area contributed by atoms with Gasteiger partial charge in [0.1, 0.15) is 5.60 Å². The first-order chi connectivity index (χ1) is 14.5. The second-order valence-corrected chi connectivity index (χ2v) is 9.44. The molecule has 1 aliphatic carbocycles. The molecule has 0 unspecified atom stereocenters. The van der Waals surface area contributed by atoms with Gasteiger partial charge in [0.05, 0.1) is 28.7 Å². The number of hydroxylamine groups is 2. The highest BCUT2D eigenvalue weighted by Gasteiger charge is 2.56. The summed E-state index contributed by atoms with van der Waals surface area (Å²) < 4.78 is 11.3. The van der Waals surface area contributed by atoms with Crippen LogP contribution in [0.25, 0.3) is 0 Å². The average Bonchev–Trinajstić information content (AvgIpc) is 2.98. The van der Waals surface area contributed by atoms with Gasteiger partial charge in [-0.2, -0.15) is 0 Å². The van der Waals surface area contributed by atoms with Crippen molar-refractivity contribution in [2.45, 2.75) is 57.7 Å². The molecule has 3 fully saturated rings. The lowest BCUT2D eigenvalue weighted by atomic mass is 9.66. The number of benzene rings is 1. The van der Waals surface area contributed by atoms with Crippen LogP contribution < -0.4 is 5.32 Å². The van der Waals surface area contributed by atoms with Crippen molar-refractivity contribution in [1.29, 1.82) is 0 Å². The number of hydrogen-bond acceptors (Lipinski definition) is 7. The summed E-state index contributed by atoms with van der Waals surface area (Å²) in [5.41, 5.74) is -1.63. The molecule has 9 heteroatoms. The lowest BCUT2D eigenvalue weighted by molar-refractivity contribution is -0.219. The molecular weight excluding hydrogens is 404 g/mol. The van der Waals surface area contributed by atoms with Gasteiger partial charge in [-0.15, -0.1) is 0 Å². The lowest BCUT2D eigenvalue weighted by Gasteiger charge is -2.51. The number of alkyl carbamates (subject to hydrolysis) is 1. The van der Waals surface area contributed by atoms with Crippen molar-refractivity contribution in [3.8, 4) is 0 Å². The van der Waals surface area contributed by atoms with Gasteiger partial charge in [-0.1, -0.05) is 17.2 Å². The Labute approximate surface area is 180 Å². The van der Waals surface area contributed by atoms with Crippen LogP contribution >= 0.6 is 0 Å². The summed E-state index contributed by atoms with van der Waals surface area (Å²) in [5, 5.41) is 3.29. The molecule has 0 atom stereocenters. The molecule has 1 saturated carbocycles. The van der Waals surface area contributed by atoms with E-state index < -0.39 is 40.5 Å². The Hall–Kier alpha value is -2.94. The van der Waals surface area contributed by atoms with Crippen molar-refractivity contribution < 1.29 is 33.5 Å². The molecular formula is C22H26N2O7. The number of fused-ring (bicyclic) bond motifs is 4. The zero-order valence-electron chi connectivity index (χ0n) is 17.9. The summed E-state index contributed by atoms with van der Waals surface area (Å²) in [6, 6.07) is 6.35. The molecule has 1 aromatic carbocycles. The van der Waals surface area contributed by atoms with E-state index in [1.165, 1.54) is 12.1 Å². The molecule has 31 heavy (non-hydrogen) atoms. The van der Waals surface area contributed by atoms with Gasteiger partial charge in [0.25, 0.3) is 11.8 Å². The van der Waals surface area contributed by atoms with Crippen molar-refractivity contribution >= 4 is 23.9 Å². The van der Waals surface area contributed by atoms with Gasteiger partial charge >= 0.3 is 12.1 Å². The summed E-state index contributed by atoms with van der Waals surface area (Å²) in [4.78, 5) is 55.2. The molecule has 0 aromatic heterocycles. The fourth-order valence-electron chi connectivity index (χ4n) is 4.23. The molecule has 4 aliphatic rings. The van der Waals surface area contributed by atoms with Gasteiger partial charge in [-0.05, 0) is 58.6 Å². The van der Waals surface area contributed by atoms with Crippen LogP contribution in [-0.4, -0.2) is 53.3 Å². The minimum absolute atomic E-state index is 0.102. The van der Waals surface area contributed by atoms with E-state index >= 15 is 0 Å². The first-order valence-corrected chi connectivity index (χ1v) is 10.4. The van der Waals surface area contributed by atoms with Crippen LogP contribution in [0.4, 0.5) is 4.79 Å². The van der Waals surface area contributed by atoms with Gasteiger partial charge in [0.2, 0.25) is 0 Å². The van der Waals surface area contributed by atoms with Gasteiger partial charge in [0.15, 0.2) is 0 Å². The van der Waals surface area contributed by atoms with Gasteiger partial charge in [0, 0.05) is 6.54 Å². The lowest BCUT2D eigenvalue weighted by Crippen LogP contribution is -2.59. The standard InChI is InChI=1S/C22H26N2O7/c1-20(2,3)30-19(28)23-12-22-10-8-21(9-11-22,13-29-22)18(27)31-24-16(25)14-6-4-5-7-15(14)17(24)26/h4-7H,8-13H2,1-3H3,(H,23,28). The molecule has 9 nitrogen and oxygen atoms in total. The van der Waals surface area contributed by atoms with E-state index in [0.29, 0.717) is 30.7 Å². The highest BCUT2D eigenvalue weighted by molar-refractivity contribution is 6.20. The van der Waals surface area contributed by atoms with E-state index in [0.717, 1.165) is 0 Å². The first kappa shape index (κ1) is 21.3. The van der Waals surface area contributed by atoms with E-state index in [9.17, 15) is 19.2 Å². The maximum Gasteiger partial charge on any atom is 0.407 e. The maximum absolute atomic E-state index is 13.0. The quantitative estimate of drug-likeness (QED) is 0.731. The number of rotatable bonds is 4. The number of nitrogens with one attached hydrogen (secondary N) is 1. The van der Waals surface area contributed by atoms with E-state index in [4.69, 9.17) is 14.3 Å². The predicted molar refractivity (Wildman–Crippen MR) is 107 cm³/mol. The molecule has 3 aliphatic heterocycles. The molecule has 0 radical (unpaired) electrons. The first-order valence-electron chi connectivity index (χ1n) is 10.4. The predicted octanol–water partition coefficient (Wildman–Crippen LogP) is 2.59. The molecule has 1 aromatic rings. The number of hydrogen-bond donors (Lipinski definition) is 1. The number of imide groups is 1. The van der Waals surface area contributed by atoms with Crippen LogP contribution in [0.5, 0.6) is 0 Å². The average molecular weight is 430 g/mol. The number of nitrogens with zero attached hydrogens (tertiary/aromatic N) is 1. The minimum Gasteiger partial charge on any atom is -0.444 e. The van der Waals surface area contributed by atoms with Gasteiger partial charge < -0.3 is 19.6 Å². The third-order valence-corrected chi connectivity index (χ3v) is 6.09. The Morgan fingerprint density at radius 2 is 1.65 bits per heavy atom. The van der Waals surface area contributed by atoms with Gasteiger partial charge in [-0.25, -0.2) is 9.59 Å². The van der Waals surface area contributed by atoms with Crippen LogP contribution in [0.3, 0.4) is 0 Å². The normalized spacial score (nSPS) is 27.1. The van der Waals surface area contributed by atoms with Gasteiger partial charge in [-0.3, -0.25) is 9.59 Å². The van der Waals surface area contributed by atoms with Crippen molar-refractivity contribution in [2.75, 3.05) is 13.2 Å². The second kappa shape index (κ2) is 7.33. The Bertz CT molecular complexity index is 890. The summed E-state index contributed by atoms with van der Waals surface area (Å²) in [7, 11) is 0. The third kappa shape index (κ3) is 3.89. The second-order valence-electron chi connectivity index (χ2n) is 9.44. The van der Waals surface area contributed by atoms with E-state index in [-0.39, 0.29) is 24.3 Å². The van der Waals surface area contributed by atoms with Crippen LogP contribution in [0, 0.1) is 5.41 Å². The number of amides is 3. The summed E-state index contributed by atoms with van der Waals surface area (Å²) >= 11 is 0. The van der Waals surface area contributed by atoms with E-state index in [1.54, 1.807) is 32.9 Å². The number of carbonyl (C=O) groups excluding carboxylic acids is 4. The summed E-state index contributed by atoms with van der Waals surface area (Å²) in [6.45, 7) is 5.75. The van der Waals surface area contributed by atoms with Crippen LogP contribution in [0.2, 0.25) is 0 Å². The van der Waals surface area contributed by atoms with Crippen LogP contribution in [0.1, 0.15) is 67.2 Å². The Morgan fingerprint density at radius 1 is 1.06 bits per heavy atom. The van der Waals surface area contributed by atoms with Crippen molar-refractivity contribution in [3.05, 3.63) is 35.4 Å². The Balaban J connectivity index is 1.36. The third-order valence-electron chi connectivity index (χ3n) is 6.09. The molecule has 3 amide bonds. The molecule has 5 rings (SSSR count). The molecule has 166 valence electrons. The van der Waals surface area contributed by atoms with E-state index in [1.807, 2.05) is 0 Å². The SMILES string of the molecule is CC(C)(C)OC(=O)NCC12CCC(C(=O)ON3C(=O)c4ccccc4C3=O)(CC1)CO2. The fraction of sp³-hybridized carbons (Fsp3) is 0.545. The van der Waals surface area contributed by atoms with Crippen molar-refractivity contribution in [1.82, 2.24) is 10.4 Å². The summed E-state index contributed by atoms with van der Waals surface area (Å²) in [6.07, 6.45) is 1.52. The summed E-state index contributed by atoms with van der Waals surface area (Å²) in [5.74, 6) is -1.93. The molecule has 0 spiro atoms. The highest BCUT2D eigenvalue weighted by atomic mass is 16.7. The van der Waals surface area contributed by atoms with Crippen molar-refractivity contribution in [3.63, 3.8) is 0 Å². The smallest absolute Gasteiger partial charge is 0.407 e. The number of carbonyl (C=O) groups is 4. The Kier molecular flexibility index (Phi) is 5.04. The molecule has 1 N–H and O–H groups in total. The maximum atomic E-state index is 13.0.